The van der Waals surface area contributed by atoms with Gasteiger partial charge in [0.05, 0.1) is 18.2 Å². The van der Waals surface area contributed by atoms with Crippen molar-refractivity contribution in [3.63, 3.8) is 0 Å². The molecule has 2 fully saturated rings. The van der Waals surface area contributed by atoms with Crippen LogP contribution in [0.2, 0.25) is 0 Å². The lowest BCUT2D eigenvalue weighted by Gasteiger charge is -2.35. The predicted octanol–water partition coefficient (Wildman–Crippen LogP) is 2.65. The summed E-state index contributed by atoms with van der Waals surface area (Å²) < 4.78 is 7.72. The van der Waals surface area contributed by atoms with Crippen molar-refractivity contribution in [3.8, 4) is 5.75 Å². The number of carbonyl (C=O) groups is 2. The van der Waals surface area contributed by atoms with Crippen LogP contribution in [0.1, 0.15) is 37.3 Å². The average Bonchev–Trinajstić information content (AvgIpc) is 3.53. The largest absolute Gasteiger partial charge is 0.492 e. The maximum Gasteiger partial charge on any atom is 0.229 e. The summed E-state index contributed by atoms with van der Waals surface area (Å²) in [6.45, 7) is 1.86. The fourth-order valence-electron chi connectivity index (χ4n) is 4.35. The number of hydrogen-bond donors (Lipinski definition) is 1. The van der Waals surface area contributed by atoms with E-state index in [-0.39, 0.29) is 29.7 Å². The Bertz CT molecular complexity index is 912. The van der Waals surface area contributed by atoms with E-state index in [0.717, 1.165) is 49.2 Å². The van der Waals surface area contributed by atoms with Gasteiger partial charge in [0.2, 0.25) is 11.8 Å². The van der Waals surface area contributed by atoms with Crippen LogP contribution in [0, 0.1) is 11.8 Å². The number of hydrogen-bond acceptors (Lipinski definition) is 4. The summed E-state index contributed by atoms with van der Waals surface area (Å²) in [7, 11) is 0. The van der Waals surface area contributed by atoms with Crippen molar-refractivity contribution >= 4 is 17.6 Å². The molecule has 2 aromatic rings. The van der Waals surface area contributed by atoms with Gasteiger partial charge in [0.1, 0.15) is 18.2 Å². The van der Waals surface area contributed by atoms with Gasteiger partial charge in [-0.15, -0.1) is 0 Å². The van der Waals surface area contributed by atoms with Gasteiger partial charge in [0.15, 0.2) is 0 Å². The molecule has 5 rings (SSSR count). The van der Waals surface area contributed by atoms with E-state index in [1.165, 1.54) is 0 Å². The van der Waals surface area contributed by atoms with Gasteiger partial charge in [-0.25, -0.2) is 4.68 Å². The van der Waals surface area contributed by atoms with E-state index in [4.69, 9.17) is 4.74 Å². The first kappa shape index (κ1) is 18.2. The quantitative estimate of drug-likeness (QED) is 0.865. The summed E-state index contributed by atoms with van der Waals surface area (Å²) in [6.07, 6.45) is 6.11. The first-order valence-electron chi connectivity index (χ1n) is 10.5. The molecule has 29 heavy (non-hydrogen) atoms. The molecule has 3 heterocycles. The lowest BCUT2D eigenvalue weighted by atomic mass is 9.94. The molecule has 1 aromatic carbocycles. The van der Waals surface area contributed by atoms with Crippen molar-refractivity contribution in [2.45, 2.75) is 38.1 Å². The van der Waals surface area contributed by atoms with Crippen molar-refractivity contribution in [3.05, 3.63) is 42.1 Å². The molecule has 7 heteroatoms. The predicted molar refractivity (Wildman–Crippen MR) is 108 cm³/mol. The molecule has 1 saturated heterocycles. The standard InChI is InChI=1S/C22H26N4O3/c27-21(15-5-6-15)24-20-7-10-23-26(20)18-8-11-25(12-9-18)22(28)17-13-16-3-1-2-4-19(16)29-14-17/h1-4,7,10,15,17-18H,5-6,8-9,11-14H2,(H,24,27). The Morgan fingerprint density at radius 3 is 2.62 bits per heavy atom. The second kappa shape index (κ2) is 7.54. The minimum Gasteiger partial charge on any atom is -0.492 e. The Hall–Kier alpha value is -2.83. The number of likely N-dealkylation sites (tertiary alicyclic amines) is 1. The molecule has 1 atom stereocenters. The Kier molecular flexibility index (Phi) is 4.73. The summed E-state index contributed by atoms with van der Waals surface area (Å²) in [6, 6.07) is 10.0. The maximum atomic E-state index is 13.0. The van der Waals surface area contributed by atoms with Gasteiger partial charge in [0, 0.05) is 25.1 Å². The van der Waals surface area contributed by atoms with Crippen LogP contribution in [0.15, 0.2) is 36.5 Å². The van der Waals surface area contributed by atoms with E-state index in [2.05, 4.69) is 10.4 Å². The number of benzene rings is 1. The van der Waals surface area contributed by atoms with Crippen molar-refractivity contribution in [2.24, 2.45) is 11.8 Å². The molecule has 1 aromatic heterocycles. The molecule has 2 aliphatic heterocycles. The van der Waals surface area contributed by atoms with Crippen LogP contribution in [-0.2, 0) is 16.0 Å². The van der Waals surface area contributed by atoms with Crippen molar-refractivity contribution in [1.82, 2.24) is 14.7 Å². The fourth-order valence-corrected chi connectivity index (χ4v) is 4.35. The third-order valence-corrected chi connectivity index (χ3v) is 6.22. The van der Waals surface area contributed by atoms with Crippen LogP contribution < -0.4 is 10.1 Å². The normalized spacial score (nSPS) is 21.9. The van der Waals surface area contributed by atoms with Gasteiger partial charge in [-0.3, -0.25) is 9.59 Å². The highest BCUT2D eigenvalue weighted by molar-refractivity contribution is 5.93. The molecule has 0 bridgehead atoms. The zero-order valence-corrected chi connectivity index (χ0v) is 16.4. The summed E-state index contributed by atoms with van der Waals surface area (Å²) >= 11 is 0. The molecule has 1 aliphatic carbocycles. The van der Waals surface area contributed by atoms with Crippen LogP contribution in [0.25, 0.3) is 0 Å². The first-order chi connectivity index (χ1) is 14.2. The van der Waals surface area contributed by atoms with E-state index in [1.807, 2.05) is 39.9 Å². The van der Waals surface area contributed by atoms with Gasteiger partial charge in [-0.1, -0.05) is 18.2 Å². The number of nitrogens with zero attached hydrogens (tertiary/aromatic N) is 3. The summed E-state index contributed by atoms with van der Waals surface area (Å²) in [5.41, 5.74) is 1.11. The second-order valence-electron chi connectivity index (χ2n) is 8.30. The van der Waals surface area contributed by atoms with Crippen molar-refractivity contribution in [1.29, 1.82) is 0 Å². The summed E-state index contributed by atoms with van der Waals surface area (Å²) in [5.74, 6) is 2.00. The van der Waals surface area contributed by atoms with E-state index in [0.29, 0.717) is 19.7 Å². The third-order valence-electron chi connectivity index (χ3n) is 6.22. The van der Waals surface area contributed by atoms with Crippen LogP contribution in [0.3, 0.4) is 0 Å². The number of rotatable bonds is 4. The lowest BCUT2D eigenvalue weighted by molar-refractivity contribution is -0.138. The Morgan fingerprint density at radius 2 is 1.83 bits per heavy atom. The van der Waals surface area contributed by atoms with Crippen LogP contribution >= 0.6 is 0 Å². The molecule has 1 saturated carbocycles. The van der Waals surface area contributed by atoms with E-state index < -0.39 is 0 Å². The minimum atomic E-state index is -0.112. The van der Waals surface area contributed by atoms with Crippen molar-refractivity contribution in [2.75, 3.05) is 25.0 Å². The Balaban J connectivity index is 1.19. The highest BCUT2D eigenvalue weighted by Gasteiger charge is 2.33. The summed E-state index contributed by atoms with van der Waals surface area (Å²) in [4.78, 5) is 27.1. The van der Waals surface area contributed by atoms with Crippen LogP contribution in [-0.4, -0.2) is 46.2 Å². The molecule has 1 unspecified atom stereocenters. The number of amides is 2. The molecular weight excluding hydrogens is 368 g/mol. The zero-order chi connectivity index (χ0) is 19.8. The molecule has 0 radical (unpaired) electrons. The molecule has 2 amide bonds. The Labute approximate surface area is 170 Å². The number of para-hydroxylation sites is 1. The van der Waals surface area contributed by atoms with E-state index >= 15 is 0 Å². The van der Waals surface area contributed by atoms with Gasteiger partial charge >= 0.3 is 0 Å². The number of aromatic nitrogens is 2. The number of piperidine rings is 1. The molecule has 1 N–H and O–H groups in total. The topological polar surface area (TPSA) is 76.5 Å². The highest BCUT2D eigenvalue weighted by Crippen LogP contribution is 2.32. The van der Waals surface area contributed by atoms with Crippen LogP contribution in [0.5, 0.6) is 5.75 Å². The molecule has 0 spiro atoms. The average molecular weight is 394 g/mol. The molecule has 152 valence electrons. The highest BCUT2D eigenvalue weighted by atomic mass is 16.5. The maximum absolute atomic E-state index is 13.0. The Morgan fingerprint density at radius 1 is 1.03 bits per heavy atom. The first-order valence-corrected chi connectivity index (χ1v) is 10.5. The third kappa shape index (κ3) is 3.73. The number of anilines is 1. The number of ether oxygens (including phenoxy) is 1. The second-order valence-corrected chi connectivity index (χ2v) is 8.30. The molecule has 7 nitrogen and oxygen atoms in total. The van der Waals surface area contributed by atoms with E-state index in [9.17, 15) is 9.59 Å². The smallest absolute Gasteiger partial charge is 0.229 e. The number of fused-ring (bicyclic) bond motifs is 1. The lowest BCUT2D eigenvalue weighted by Crippen LogP contribution is -2.45. The number of nitrogens with one attached hydrogen (secondary N) is 1. The molecular formula is C22H26N4O3. The SMILES string of the molecule is O=C(Nc1ccnn1C1CCN(C(=O)C2COc3ccccc3C2)CC1)C1CC1. The van der Waals surface area contributed by atoms with Crippen LogP contribution in [0.4, 0.5) is 5.82 Å². The number of carbonyl (C=O) groups excluding carboxylic acids is 2. The monoisotopic (exact) mass is 394 g/mol. The summed E-state index contributed by atoms with van der Waals surface area (Å²) in [5, 5.41) is 7.45. The van der Waals surface area contributed by atoms with Crippen molar-refractivity contribution < 1.29 is 14.3 Å². The van der Waals surface area contributed by atoms with E-state index in [1.54, 1.807) is 6.20 Å². The molecule has 3 aliphatic rings. The van der Waals surface area contributed by atoms with Gasteiger partial charge in [-0.05, 0) is 43.7 Å². The minimum absolute atomic E-state index is 0.0944. The van der Waals surface area contributed by atoms with Gasteiger partial charge < -0.3 is 15.0 Å². The van der Waals surface area contributed by atoms with Gasteiger partial charge in [-0.2, -0.15) is 5.10 Å². The van der Waals surface area contributed by atoms with Gasteiger partial charge in [0.25, 0.3) is 0 Å². The zero-order valence-electron chi connectivity index (χ0n) is 16.4. The fraction of sp³-hybridized carbons (Fsp3) is 0.500.